The molecule has 4 heteroatoms. The Labute approximate surface area is 121 Å². The van der Waals surface area contributed by atoms with Crippen LogP contribution in [-0.2, 0) is 9.59 Å². The molecule has 4 nitrogen and oxygen atoms in total. The summed E-state index contributed by atoms with van der Waals surface area (Å²) in [6.07, 6.45) is 0. The minimum absolute atomic E-state index is 0.00903. The molecule has 0 aromatic heterocycles. The summed E-state index contributed by atoms with van der Waals surface area (Å²) in [5.41, 5.74) is 1.56. The lowest BCUT2D eigenvalue weighted by atomic mass is 9.96. The molecular weight excluding hydrogens is 252 g/mol. The molecule has 0 fully saturated rings. The van der Waals surface area contributed by atoms with Gasteiger partial charge in [-0.1, -0.05) is 32.9 Å². The van der Waals surface area contributed by atoms with Crippen molar-refractivity contribution in [3.8, 4) is 0 Å². The highest BCUT2D eigenvalue weighted by molar-refractivity contribution is 5.91. The van der Waals surface area contributed by atoms with Gasteiger partial charge in [-0.15, -0.1) is 0 Å². The second kappa shape index (κ2) is 6.55. The molecule has 0 radical (unpaired) electrons. The highest BCUT2D eigenvalue weighted by Gasteiger charge is 2.21. The number of aryl methyl sites for hydroxylation is 1. The zero-order valence-corrected chi connectivity index (χ0v) is 13.0. The van der Waals surface area contributed by atoms with Gasteiger partial charge < -0.3 is 10.2 Å². The van der Waals surface area contributed by atoms with E-state index in [4.69, 9.17) is 0 Å². The molecule has 0 bridgehead atoms. The first-order valence-corrected chi connectivity index (χ1v) is 6.85. The van der Waals surface area contributed by atoms with E-state index in [2.05, 4.69) is 5.32 Å². The summed E-state index contributed by atoms with van der Waals surface area (Å²) in [6, 6.07) is 7.78. The molecule has 20 heavy (non-hydrogen) atoms. The second-order valence-corrected chi connectivity index (χ2v) is 6.02. The van der Waals surface area contributed by atoms with Gasteiger partial charge in [-0.25, -0.2) is 0 Å². The predicted molar refractivity (Wildman–Crippen MR) is 81.7 cm³/mol. The van der Waals surface area contributed by atoms with Crippen molar-refractivity contribution in [1.82, 2.24) is 5.32 Å². The first kappa shape index (κ1) is 16.2. The van der Waals surface area contributed by atoms with Gasteiger partial charge in [-0.3, -0.25) is 9.59 Å². The minimum Gasteiger partial charge on any atom is -0.354 e. The van der Waals surface area contributed by atoms with Crippen molar-refractivity contribution in [1.29, 1.82) is 0 Å². The van der Waals surface area contributed by atoms with Gasteiger partial charge in [0.2, 0.25) is 11.8 Å². The molecule has 110 valence electrons. The molecule has 0 atom stereocenters. The van der Waals surface area contributed by atoms with Crippen LogP contribution in [0.5, 0.6) is 0 Å². The Hall–Kier alpha value is -1.84. The van der Waals surface area contributed by atoms with Crippen LogP contribution in [0.2, 0.25) is 0 Å². The molecule has 0 aliphatic rings. The molecule has 1 rings (SSSR count). The van der Waals surface area contributed by atoms with Gasteiger partial charge in [0.15, 0.2) is 0 Å². The third-order valence-corrected chi connectivity index (χ3v) is 3.00. The lowest BCUT2D eigenvalue weighted by Crippen LogP contribution is -2.41. The van der Waals surface area contributed by atoms with E-state index in [1.54, 1.807) is 4.90 Å². The fourth-order valence-corrected chi connectivity index (χ4v) is 1.81. The van der Waals surface area contributed by atoms with Crippen LogP contribution >= 0.6 is 0 Å². The molecule has 0 saturated carbocycles. The SMILES string of the molecule is CC(=O)N(CCNC(=O)C(C)(C)C)c1cccc(C)c1. The maximum atomic E-state index is 11.8. The van der Waals surface area contributed by atoms with Crippen LogP contribution in [0.15, 0.2) is 24.3 Å². The molecule has 1 aromatic carbocycles. The summed E-state index contributed by atoms with van der Waals surface area (Å²) < 4.78 is 0. The molecule has 0 saturated heterocycles. The number of amides is 2. The Kier molecular flexibility index (Phi) is 5.31. The average Bonchev–Trinajstić information content (AvgIpc) is 2.32. The monoisotopic (exact) mass is 276 g/mol. The van der Waals surface area contributed by atoms with E-state index in [-0.39, 0.29) is 11.8 Å². The summed E-state index contributed by atoms with van der Waals surface area (Å²) in [7, 11) is 0. The Morgan fingerprint density at radius 2 is 1.90 bits per heavy atom. The summed E-state index contributed by atoms with van der Waals surface area (Å²) in [6.45, 7) is 10.0. The number of nitrogens with one attached hydrogen (secondary N) is 1. The van der Waals surface area contributed by atoms with Crippen LogP contribution in [0.25, 0.3) is 0 Å². The maximum Gasteiger partial charge on any atom is 0.225 e. The first-order valence-electron chi connectivity index (χ1n) is 6.85. The van der Waals surface area contributed by atoms with Gasteiger partial charge in [0.25, 0.3) is 0 Å². The molecule has 0 aliphatic heterocycles. The molecule has 1 aromatic rings. The fourth-order valence-electron chi connectivity index (χ4n) is 1.81. The van der Waals surface area contributed by atoms with Crippen molar-refractivity contribution in [2.24, 2.45) is 5.41 Å². The van der Waals surface area contributed by atoms with E-state index >= 15 is 0 Å². The summed E-state index contributed by atoms with van der Waals surface area (Å²) in [4.78, 5) is 25.2. The second-order valence-electron chi connectivity index (χ2n) is 6.02. The third kappa shape index (κ3) is 4.68. The largest absolute Gasteiger partial charge is 0.354 e. The molecule has 2 amide bonds. The lowest BCUT2D eigenvalue weighted by molar-refractivity contribution is -0.128. The third-order valence-electron chi connectivity index (χ3n) is 3.00. The number of hydrogen-bond donors (Lipinski definition) is 1. The van der Waals surface area contributed by atoms with Gasteiger partial charge in [-0.05, 0) is 24.6 Å². The van der Waals surface area contributed by atoms with Crippen LogP contribution in [0.4, 0.5) is 5.69 Å². The van der Waals surface area contributed by atoms with Gasteiger partial charge in [-0.2, -0.15) is 0 Å². The number of rotatable bonds is 4. The van der Waals surface area contributed by atoms with Crippen LogP contribution in [0.1, 0.15) is 33.3 Å². The molecular formula is C16H24N2O2. The van der Waals surface area contributed by atoms with E-state index in [0.29, 0.717) is 13.1 Å². The number of anilines is 1. The van der Waals surface area contributed by atoms with E-state index in [1.807, 2.05) is 52.0 Å². The highest BCUT2D eigenvalue weighted by Crippen LogP contribution is 2.16. The summed E-state index contributed by atoms with van der Waals surface area (Å²) in [5, 5.41) is 2.86. The number of carbonyl (C=O) groups is 2. The smallest absolute Gasteiger partial charge is 0.225 e. The molecule has 0 heterocycles. The van der Waals surface area contributed by atoms with E-state index in [9.17, 15) is 9.59 Å². The molecule has 1 N–H and O–H groups in total. The topological polar surface area (TPSA) is 49.4 Å². The zero-order chi connectivity index (χ0) is 15.3. The van der Waals surface area contributed by atoms with Crippen molar-refractivity contribution >= 4 is 17.5 Å². The van der Waals surface area contributed by atoms with Crippen LogP contribution in [-0.4, -0.2) is 24.9 Å². The van der Waals surface area contributed by atoms with Crippen LogP contribution in [0.3, 0.4) is 0 Å². The van der Waals surface area contributed by atoms with Gasteiger partial charge in [0.05, 0.1) is 0 Å². The first-order chi connectivity index (χ1) is 9.21. The summed E-state index contributed by atoms with van der Waals surface area (Å²) in [5.74, 6) is -0.0362. The van der Waals surface area contributed by atoms with Crippen molar-refractivity contribution in [3.05, 3.63) is 29.8 Å². The summed E-state index contributed by atoms with van der Waals surface area (Å²) >= 11 is 0. The Balaban J connectivity index is 2.66. The zero-order valence-electron chi connectivity index (χ0n) is 13.0. The number of benzene rings is 1. The fraction of sp³-hybridized carbons (Fsp3) is 0.500. The number of nitrogens with zero attached hydrogens (tertiary/aromatic N) is 1. The Morgan fingerprint density at radius 3 is 2.40 bits per heavy atom. The van der Waals surface area contributed by atoms with Crippen LogP contribution in [0, 0.1) is 12.3 Å². The highest BCUT2D eigenvalue weighted by atomic mass is 16.2. The van der Waals surface area contributed by atoms with Crippen molar-refractivity contribution < 1.29 is 9.59 Å². The van der Waals surface area contributed by atoms with E-state index in [0.717, 1.165) is 11.3 Å². The lowest BCUT2D eigenvalue weighted by Gasteiger charge is -2.23. The van der Waals surface area contributed by atoms with Gasteiger partial charge >= 0.3 is 0 Å². The standard InChI is InChI=1S/C16H24N2O2/c1-12-7-6-8-14(11-12)18(13(2)19)10-9-17-15(20)16(3,4)5/h6-8,11H,9-10H2,1-5H3,(H,17,20). The number of carbonyl (C=O) groups excluding carboxylic acids is 2. The van der Waals surface area contributed by atoms with Crippen molar-refractivity contribution in [3.63, 3.8) is 0 Å². The molecule has 0 spiro atoms. The van der Waals surface area contributed by atoms with Crippen molar-refractivity contribution in [2.75, 3.05) is 18.0 Å². The van der Waals surface area contributed by atoms with Crippen LogP contribution < -0.4 is 10.2 Å². The maximum absolute atomic E-state index is 11.8. The molecule has 0 aliphatic carbocycles. The number of hydrogen-bond acceptors (Lipinski definition) is 2. The quantitative estimate of drug-likeness (QED) is 0.918. The van der Waals surface area contributed by atoms with Crippen molar-refractivity contribution in [2.45, 2.75) is 34.6 Å². The van der Waals surface area contributed by atoms with E-state index < -0.39 is 5.41 Å². The van der Waals surface area contributed by atoms with Gasteiger partial charge in [0.1, 0.15) is 0 Å². The predicted octanol–water partition coefficient (Wildman–Crippen LogP) is 2.51. The normalized spacial score (nSPS) is 11.1. The molecule has 0 unspecified atom stereocenters. The minimum atomic E-state index is -0.412. The van der Waals surface area contributed by atoms with Gasteiger partial charge in [0, 0.05) is 31.1 Å². The Morgan fingerprint density at radius 1 is 1.25 bits per heavy atom. The van der Waals surface area contributed by atoms with E-state index in [1.165, 1.54) is 6.92 Å². The average molecular weight is 276 g/mol. The Bertz CT molecular complexity index is 489.